The molecule has 1 aliphatic rings. The van der Waals surface area contributed by atoms with E-state index in [0.717, 1.165) is 41.2 Å². The Morgan fingerprint density at radius 1 is 1.27 bits per heavy atom. The van der Waals surface area contributed by atoms with E-state index in [0.29, 0.717) is 5.75 Å². The number of hydrogen-bond donors (Lipinski definition) is 1. The number of carbonyl (C=O) groups is 2. The predicted molar refractivity (Wildman–Crippen MR) is 99.0 cm³/mol. The smallest absolute Gasteiger partial charge is 0.339 e. The van der Waals surface area contributed by atoms with Crippen molar-refractivity contribution in [1.29, 1.82) is 0 Å². The van der Waals surface area contributed by atoms with Crippen LogP contribution in [0, 0.1) is 13.8 Å². The first-order chi connectivity index (χ1) is 12.3. The average Bonchev–Trinajstić information content (AvgIpc) is 3.07. The molecular formula is C20H22N2O4. The van der Waals surface area contributed by atoms with Gasteiger partial charge in [0.05, 0.1) is 7.11 Å². The first kappa shape index (κ1) is 17.8. The molecule has 0 bridgehead atoms. The van der Waals surface area contributed by atoms with Crippen LogP contribution < -0.4 is 4.74 Å². The molecule has 0 unspecified atom stereocenters. The van der Waals surface area contributed by atoms with Crippen molar-refractivity contribution in [2.45, 2.75) is 20.3 Å². The van der Waals surface area contributed by atoms with Gasteiger partial charge in [-0.1, -0.05) is 0 Å². The van der Waals surface area contributed by atoms with Gasteiger partial charge in [-0.25, -0.2) is 4.79 Å². The number of carbonyl (C=O) groups excluding carboxylic acids is 1. The van der Waals surface area contributed by atoms with Crippen LogP contribution in [-0.4, -0.2) is 47.2 Å². The SMILES string of the molecule is COc1ccc(-n2c(C)cc(/C=C3\CCN(C)C3=O)c2C)cc1C(=O)O. The summed E-state index contributed by atoms with van der Waals surface area (Å²) in [6.07, 6.45) is 2.68. The van der Waals surface area contributed by atoms with Crippen LogP contribution in [0.1, 0.15) is 33.7 Å². The summed E-state index contributed by atoms with van der Waals surface area (Å²) in [5, 5.41) is 9.41. The Morgan fingerprint density at radius 3 is 2.58 bits per heavy atom. The van der Waals surface area contributed by atoms with Crippen molar-refractivity contribution >= 4 is 18.0 Å². The molecule has 1 aromatic heterocycles. The topological polar surface area (TPSA) is 71.8 Å². The van der Waals surface area contributed by atoms with E-state index in [1.165, 1.54) is 7.11 Å². The van der Waals surface area contributed by atoms with Crippen LogP contribution >= 0.6 is 0 Å². The number of ether oxygens (including phenoxy) is 1. The number of likely N-dealkylation sites (tertiary alicyclic amines) is 1. The van der Waals surface area contributed by atoms with E-state index in [9.17, 15) is 14.7 Å². The highest BCUT2D eigenvalue weighted by atomic mass is 16.5. The fraction of sp³-hybridized carbons (Fsp3) is 0.300. The van der Waals surface area contributed by atoms with E-state index >= 15 is 0 Å². The normalized spacial score (nSPS) is 15.8. The van der Waals surface area contributed by atoms with Crippen LogP contribution in [0.2, 0.25) is 0 Å². The third kappa shape index (κ3) is 2.98. The Bertz CT molecular complexity index is 924. The number of benzene rings is 1. The minimum atomic E-state index is -1.03. The number of aryl methyl sites for hydroxylation is 1. The number of methoxy groups -OCH3 is 1. The maximum atomic E-state index is 12.1. The molecule has 0 saturated carbocycles. The van der Waals surface area contributed by atoms with Gasteiger partial charge >= 0.3 is 5.97 Å². The van der Waals surface area contributed by atoms with Crippen molar-refractivity contribution in [2.24, 2.45) is 0 Å². The summed E-state index contributed by atoms with van der Waals surface area (Å²) < 4.78 is 7.12. The number of amides is 1. The molecule has 0 aliphatic carbocycles. The summed E-state index contributed by atoms with van der Waals surface area (Å²) in [6.45, 7) is 4.67. The Labute approximate surface area is 152 Å². The van der Waals surface area contributed by atoms with Crippen molar-refractivity contribution in [2.75, 3.05) is 20.7 Å². The van der Waals surface area contributed by atoms with Gasteiger partial charge in [0, 0.05) is 36.2 Å². The van der Waals surface area contributed by atoms with E-state index in [2.05, 4.69) is 0 Å². The number of likely N-dealkylation sites (N-methyl/N-ethyl adjacent to an activating group) is 1. The molecule has 3 rings (SSSR count). The molecule has 6 heteroatoms. The zero-order chi connectivity index (χ0) is 19.0. The van der Waals surface area contributed by atoms with E-state index < -0.39 is 5.97 Å². The molecule has 1 amide bonds. The van der Waals surface area contributed by atoms with Gasteiger partial charge in [0.2, 0.25) is 5.91 Å². The molecule has 1 saturated heterocycles. The molecule has 1 aromatic carbocycles. The van der Waals surface area contributed by atoms with Gasteiger partial charge < -0.3 is 19.3 Å². The zero-order valence-corrected chi connectivity index (χ0v) is 15.4. The van der Waals surface area contributed by atoms with Gasteiger partial charge in [-0.3, -0.25) is 4.79 Å². The van der Waals surface area contributed by atoms with Crippen LogP contribution in [0.3, 0.4) is 0 Å². The highest BCUT2D eigenvalue weighted by Crippen LogP contribution is 2.28. The van der Waals surface area contributed by atoms with E-state index in [1.54, 1.807) is 24.1 Å². The minimum absolute atomic E-state index is 0.0624. The van der Waals surface area contributed by atoms with Gasteiger partial charge in [-0.05, 0) is 56.2 Å². The third-order valence-electron chi connectivity index (χ3n) is 4.81. The highest BCUT2D eigenvalue weighted by molar-refractivity contribution is 5.99. The number of hydrogen-bond acceptors (Lipinski definition) is 3. The molecule has 0 radical (unpaired) electrons. The third-order valence-corrected chi connectivity index (χ3v) is 4.81. The van der Waals surface area contributed by atoms with E-state index in [1.807, 2.05) is 36.6 Å². The Kier molecular flexibility index (Phi) is 4.59. The summed E-state index contributed by atoms with van der Waals surface area (Å²) in [4.78, 5) is 25.4. The van der Waals surface area contributed by atoms with E-state index in [4.69, 9.17) is 4.74 Å². The number of aromatic nitrogens is 1. The lowest BCUT2D eigenvalue weighted by atomic mass is 10.1. The first-order valence-electron chi connectivity index (χ1n) is 8.40. The van der Waals surface area contributed by atoms with Gasteiger partial charge in [0.15, 0.2) is 0 Å². The summed E-state index contributed by atoms with van der Waals surface area (Å²) in [7, 11) is 3.25. The lowest BCUT2D eigenvalue weighted by Gasteiger charge is -2.12. The molecule has 2 heterocycles. The van der Waals surface area contributed by atoms with Crippen molar-refractivity contribution in [3.8, 4) is 11.4 Å². The number of aromatic carboxylic acids is 1. The molecule has 2 aromatic rings. The summed E-state index contributed by atoms with van der Waals surface area (Å²) in [5.41, 5.74) is 4.55. The molecule has 0 atom stereocenters. The number of nitrogens with zero attached hydrogens (tertiary/aromatic N) is 2. The summed E-state index contributed by atoms with van der Waals surface area (Å²) in [6, 6.07) is 7.10. The van der Waals surface area contributed by atoms with Crippen LogP contribution in [0.15, 0.2) is 29.8 Å². The molecule has 26 heavy (non-hydrogen) atoms. The van der Waals surface area contributed by atoms with Crippen molar-refractivity contribution < 1.29 is 19.4 Å². The monoisotopic (exact) mass is 354 g/mol. The van der Waals surface area contributed by atoms with Crippen LogP contribution in [-0.2, 0) is 4.79 Å². The Balaban J connectivity index is 2.07. The lowest BCUT2D eigenvalue weighted by molar-refractivity contribution is -0.123. The molecule has 136 valence electrons. The van der Waals surface area contributed by atoms with Crippen molar-refractivity contribution in [3.63, 3.8) is 0 Å². The number of rotatable bonds is 4. The molecule has 1 fully saturated rings. The fourth-order valence-electron chi connectivity index (χ4n) is 3.40. The second-order valence-electron chi connectivity index (χ2n) is 6.50. The second-order valence-corrected chi connectivity index (χ2v) is 6.50. The Morgan fingerprint density at radius 2 is 2.00 bits per heavy atom. The van der Waals surface area contributed by atoms with Gasteiger partial charge in [0.1, 0.15) is 11.3 Å². The van der Waals surface area contributed by atoms with E-state index in [-0.39, 0.29) is 11.5 Å². The standard InChI is InChI=1S/C20H22N2O4/c1-12-9-15(10-14-7-8-21(3)19(14)23)13(2)22(12)16-5-6-18(26-4)17(11-16)20(24)25/h5-6,9-11H,7-8H2,1-4H3,(H,24,25)/b14-10+. The number of carboxylic acid groups (broad SMARTS) is 1. The largest absolute Gasteiger partial charge is 0.496 e. The zero-order valence-electron chi connectivity index (χ0n) is 15.4. The molecule has 0 spiro atoms. The number of carboxylic acids is 1. The molecule has 1 aliphatic heterocycles. The molecule has 1 N–H and O–H groups in total. The average molecular weight is 354 g/mol. The first-order valence-corrected chi connectivity index (χ1v) is 8.40. The predicted octanol–water partition coefficient (Wildman–Crippen LogP) is 3.05. The van der Waals surface area contributed by atoms with Crippen LogP contribution in [0.4, 0.5) is 0 Å². The Hall–Kier alpha value is -3.02. The van der Waals surface area contributed by atoms with Crippen molar-refractivity contribution in [3.05, 3.63) is 52.4 Å². The maximum Gasteiger partial charge on any atom is 0.339 e. The maximum absolute atomic E-state index is 12.1. The molecular weight excluding hydrogens is 332 g/mol. The highest BCUT2D eigenvalue weighted by Gasteiger charge is 2.23. The lowest BCUT2D eigenvalue weighted by Crippen LogP contribution is -2.18. The van der Waals surface area contributed by atoms with Crippen LogP contribution in [0.25, 0.3) is 11.8 Å². The fourth-order valence-corrected chi connectivity index (χ4v) is 3.40. The second kappa shape index (κ2) is 6.71. The summed E-state index contributed by atoms with van der Waals surface area (Å²) in [5.74, 6) is -0.647. The summed E-state index contributed by atoms with van der Waals surface area (Å²) >= 11 is 0. The molecule has 6 nitrogen and oxygen atoms in total. The van der Waals surface area contributed by atoms with Gasteiger partial charge in [0.25, 0.3) is 0 Å². The minimum Gasteiger partial charge on any atom is -0.496 e. The van der Waals surface area contributed by atoms with Crippen LogP contribution in [0.5, 0.6) is 5.75 Å². The van der Waals surface area contributed by atoms with Gasteiger partial charge in [-0.15, -0.1) is 0 Å². The van der Waals surface area contributed by atoms with Gasteiger partial charge in [-0.2, -0.15) is 0 Å². The quantitative estimate of drug-likeness (QED) is 0.857. The van der Waals surface area contributed by atoms with Crippen molar-refractivity contribution in [1.82, 2.24) is 9.47 Å².